The van der Waals surface area contributed by atoms with Gasteiger partial charge in [0.1, 0.15) is 5.60 Å². The molecule has 1 aromatic carbocycles. The quantitative estimate of drug-likeness (QED) is 0.599. The van der Waals surface area contributed by atoms with Crippen molar-refractivity contribution in [2.75, 3.05) is 20.8 Å². The van der Waals surface area contributed by atoms with Gasteiger partial charge >= 0.3 is 6.09 Å². The molecule has 1 heterocycles. The highest BCUT2D eigenvalue weighted by molar-refractivity contribution is 5.83. The fourth-order valence-corrected chi connectivity index (χ4v) is 2.63. The van der Waals surface area contributed by atoms with Gasteiger partial charge in [0.25, 0.3) is 0 Å². The lowest BCUT2D eigenvalue weighted by Gasteiger charge is -2.21. The molecule has 0 amide bonds. The third kappa shape index (κ3) is 5.31. The summed E-state index contributed by atoms with van der Waals surface area (Å²) < 4.78 is 23.4. The first-order valence-corrected chi connectivity index (χ1v) is 9.26. The summed E-state index contributed by atoms with van der Waals surface area (Å²) in [5.41, 5.74) is 1.72. The van der Waals surface area contributed by atoms with E-state index < -0.39 is 11.7 Å². The second kappa shape index (κ2) is 9.35. The van der Waals surface area contributed by atoms with Crippen LogP contribution in [0.4, 0.5) is 4.79 Å². The zero-order valence-corrected chi connectivity index (χ0v) is 17.4. The van der Waals surface area contributed by atoms with Gasteiger partial charge in [0.2, 0.25) is 0 Å². The maximum absolute atomic E-state index is 12.6. The molecule has 0 fully saturated rings. The van der Waals surface area contributed by atoms with Crippen molar-refractivity contribution in [1.29, 1.82) is 0 Å². The molecule has 0 unspecified atom stereocenters. The number of ether oxygens (including phenoxy) is 4. The van der Waals surface area contributed by atoms with E-state index >= 15 is 0 Å². The third-order valence-corrected chi connectivity index (χ3v) is 3.80. The molecule has 1 aromatic heterocycles. The van der Waals surface area contributed by atoms with E-state index in [1.807, 2.05) is 52.0 Å². The van der Waals surface area contributed by atoms with Gasteiger partial charge in [-0.25, -0.2) is 4.79 Å². The molecular formula is C22H29NO5. The number of benzene rings is 1. The molecule has 0 N–H and O–H groups in total. The van der Waals surface area contributed by atoms with Crippen molar-refractivity contribution in [2.24, 2.45) is 0 Å². The van der Waals surface area contributed by atoms with E-state index in [-0.39, 0.29) is 0 Å². The molecular weight excluding hydrogens is 358 g/mol. The van der Waals surface area contributed by atoms with Crippen LogP contribution in [-0.4, -0.2) is 37.1 Å². The van der Waals surface area contributed by atoms with Crippen molar-refractivity contribution in [3.63, 3.8) is 0 Å². The van der Waals surface area contributed by atoms with Crippen molar-refractivity contribution in [3.05, 3.63) is 42.3 Å². The Balaban J connectivity index is 2.57. The standard InChI is InChI=1S/C22H29NO5/c1-7-12-27-20-14-16(10-13-25-5)17(15-19(20)26-6)18-9-8-11-23(18)21(24)28-22(2,3)4/h8-11,13-15H,7,12H2,1-6H3/b13-10+. The van der Waals surface area contributed by atoms with Gasteiger partial charge in [0.15, 0.2) is 11.5 Å². The lowest BCUT2D eigenvalue weighted by atomic mass is 10.0. The molecule has 2 rings (SSSR count). The van der Waals surface area contributed by atoms with E-state index in [4.69, 9.17) is 18.9 Å². The summed E-state index contributed by atoms with van der Waals surface area (Å²) in [6, 6.07) is 7.40. The Hall–Kier alpha value is -2.89. The summed E-state index contributed by atoms with van der Waals surface area (Å²) in [5.74, 6) is 1.23. The van der Waals surface area contributed by atoms with Gasteiger partial charge < -0.3 is 18.9 Å². The van der Waals surface area contributed by atoms with Gasteiger partial charge in [-0.05, 0) is 63.1 Å². The summed E-state index contributed by atoms with van der Waals surface area (Å²) >= 11 is 0. The number of hydrogen-bond donors (Lipinski definition) is 0. The molecule has 6 heteroatoms. The van der Waals surface area contributed by atoms with E-state index in [9.17, 15) is 4.79 Å². The van der Waals surface area contributed by atoms with E-state index in [1.54, 1.807) is 32.7 Å². The van der Waals surface area contributed by atoms with Gasteiger partial charge in [0, 0.05) is 11.8 Å². The average Bonchev–Trinajstić information content (AvgIpc) is 3.12. The largest absolute Gasteiger partial charge is 0.504 e. The average molecular weight is 387 g/mol. The van der Waals surface area contributed by atoms with Crippen LogP contribution in [0.3, 0.4) is 0 Å². The summed E-state index contributed by atoms with van der Waals surface area (Å²) in [6.45, 7) is 8.13. The third-order valence-electron chi connectivity index (χ3n) is 3.80. The number of methoxy groups -OCH3 is 2. The van der Waals surface area contributed by atoms with Crippen LogP contribution in [-0.2, 0) is 9.47 Å². The lowest BCUT2D eigenvalue weighted by molar-refractivity contribution is 0.0540. The van der Waals surface area contributed by atoms with Crippen LogP contribution in [0, 0.1) is 0 Å². The van der Waals surface area contributed by atoms with Gasteiger partial charge in [-0.1, -0.05) is 6.92 Å². The van der Waals surface area contributed by atoms with Gasteiger partial charge in [-0.3, -0.25) is 4.57 Å². The monoisotopic (exact) mass is 387 g/mol. The molecule has 0 aliphatic rings. The van der Waals surface area contributed by atoms with Crippen molar-refractivity contribution in [2.45, 2.75) is 39.7 Å². The first kappa shape index (κ1) is 21.4. The number of hydrogen-bond acceptors (Lipinski definition) is 5. The summed E-state index contributed by atoms with van der Waals surface area (Å²) in [5, 5.41) is 0. The van der Waals surface area contributed by atoms with Crippen LogP contribution < -0.4 is 9.47 Å². The molecule has 0 aliphatic heterocycles. The van der Waals surface area contributed by atoms with Crippen LogP contribution in [0.1, 0.15) is 39.7 Å². The number of rotatable bonds is 7. The Bertz CT molecular complexity index is 830. The van der Waals surface area contributed by atoms with Crippen LogP contribution >= 0.6 is 0 Å². The predicted octanol–water partition coefficient (Wildman–Crippen LogP) is 5.35. The van der Waals surface area contributed by atoms with E-state index in [0.29, 0.717) is 23.8 Å². The zero-order chi connectivity index (χ0) is 20.7. The second-order valence-corrected chi connectivity index (χ2v) is 7.22. The van der Waals surface area contributed by atoms with Crippen LogP contribution in [0.2, 0.25) is 0 Å². The number of carbonyl (C=O) groups excluding carboxylic acids is 1. The molecule has 0 saturated carbocycles. The molecule has 28 heavy (non-hydrogen) atoms. The molecule has 6 nitrogen and oxygen atoms in total. The summed E-state index contributed by atoms with van der Waals surface area (Å²) in [7, 11) is 3.17. The highest BCUT2D eigenvalue weighted by Crippen LogP contribution is 2.37. The molecule has 0 aliphatic carbocycles. The van der Waals surface area contributed by atoms with Crippen LogP contribution in [0.25, 0.3) is 17.3 Å². The predicted molar refractivity (Wildman–Crippen MR) is 110 cm³/mol. The minimum Gasteiger partial charge on any atom is -0.504 e. The molecule has 0 bridgehead atoms. The molecule has 152 valence electrons. The minimum atomic E-state index is -0.590. The maximum atomic E-state index is 12.6. The molecule has 2 aromatic rings. The van der Waals surface area contributed by atoms with Gasteiger partial charge in [0.05, 0.1) is 32.8 Å². The van der Waals surface area contributed by atoms with Gasteiger partial charge in [-0.2, -0.15) is 0 Å². The lowest BCUT2D eigenvalue weighted by Crippen LogP contribution is -2.27. The van der Waals surface area contributed by atoms with E-state index in [1.165, 1.54) is 4.57 Å². The topological polar surface area (TPSA) is 58.9 Å². The van der Waals surface area contributed by atoms with E-state index in [2.05, 4.69) is 0 Å². The Morgan fingerprint density at radius 2 is 1.93 bits per heavy atom. The summed E-state index contributed by atoms with van der Waals surface area (Å²) in [4.78, 5) is 12.6. The fourth-order valence-electron chi connectivity index (χ4n) is 2.63. The fraction of sp³-hybridized carbons (Fsp3) is 0.409. The van der Waals surface area contributed by atoms with Crippen molar-refractivity contribution < 1.29 is 23.7 Å². The van der Waals surface area contributed by atoms with E-state index in [0.717, 1.165) is 17.5 Å². The first-order chi connectivity index (χ1) is 13.3. The van der Waals surface area contributed by atoms with Crippen LogP contribution in [0.15, 0.2) is 36.7 Å². The Labute approximate surface area is 166 Å². The van der Waals surface area contributed by atoms with Crippen molar-refractivity contribution in [3.8, 4) is 22.8 Å². The van der Waals surface area contributed by atoms with Gasteiger partial charge in [-0.15, -0.1) is 0 Å². The molecule has 0 saturated heterocycles. The van der Waals surface area contributed by atoms with Crippen LogP contribution in [0.5, 0.6) is 11.5 Å². The molecule has 0 spiro atoms. The highest BCUT2D eigenvalue weighted by atomic mass is 16.6. The number of carbonyl (C=O) groups is 1. The zero-order valence-electron chi connectivity index (χ0n) is 17.4. The Morgan fingerprint density at radius 1 is 1.18 bits per heavy atom. The molecule has 0 atom stereocenters. The normalized spacial score (nSPS) is 11.5. The van der Waals surface area contributed by atoms with Crippen molar-refractivity contribution >= 4 is 12.2 Å². The smallest absolute Gasteiger partial charge is 0.418 e. The number of aromatic nitrogens is 1. The number of nitrogens with zero attached hydrogens (tertiary/aromatic N) is 1. The highest BCUT2D eigenvalue weighted by Gasteiger charge is 2.21. The Kier molecular flexibility index (Phi) is 7.15. The Morgan fingerprint density at radius 3 is 2.54 bits per heavy atom. The minimum absolute atomic E-state index is 0.445. The maximum Gasteiger partial charge on any atom is 0.418 e. The molecule has 0 radical (unpaired) electrons. The summed E-state index contributed by atoms with van der Waals surface area (Å²) in [6.07, 6.45) is 5.52. The van der Waals surface area contributed by atoms with Crippen molar-refractivity contribution in [1.82, 2.24) is 4.57 Å². The SMILES string of the molecule is CCCOc1cc(/C=C/OC)c(-c2cccn2C(=O)OC(C)(C)C)cc1OC. The first-order valence-electron chi connectivity index (χ1n) is 9.26. The second-order valence-electron chi connectivity index (χ2n) is 7.22.